The molecular weight excluding hydrogens is 180 g/mol. The second kappa shape index (κ2) is 4.74. The van der Waals surface area contributed by atoms with Crippen LogP contribution in [-0.2, 0) is 0 Å². The summed E-state index contributed by atoms with van der Waals surface area (Å²) in [6.07, 6.45) is 2.40. The lowest BCUT2D eigenvalue weighted by molar-refractivity contribution is 0.0763. The van der Waals surface area contributed by atoms with E-state index in [1.54, 1.807) is 11.9 Å². The van der Waals surface area contributed by atoms with Gasteiger partial charge < -0.3 is 4.90 Å². The molecule has 0 bridgehead atoms. The zero-order valence-corrected chi connectivity index (χ0v) is 8.82. The van der Waals surface area contributed by atoms with E-state index in [1.165, 1.54) is 6.33 Å². The van der Waals surface area contributed by atoms with Crippen LogP contribution in [0.5, 0.6) is 0 Å². The molecule has 0 aliphatic rings. The van der Waals surface area contributed by atoms with Crippen LogP contribution in [0.4, 0.5) is 0 Å². The van der Waals surface area contributed by atoms with Gasteiger partial charge >= 0.3 is 0 Å². The highest BCUT2D eigenvalue weighted by Gasteiger charge is 2.15. The van der Waals surface area contributed by atoms with Gasteiger partial charge in [-0.2, -0.15) is 5.10 Å². The third-order valence-corrected chi connectivity index (χ3v) is 2.25. The monoisotopic (exact) mass is 196 g/mol. The summed E-state index contributed by atoms with van der Waals surface area (Å²) < 4.78 is 0. The lowest BCUT2D eigenvalue weighted by Gasteiger charge is -2.19. The summed E-state index contributed by atoms with van der Waals surface area (Å²) in [6, 6.07) is 0. The number of nitrogens with one attached hydrogen (secondary N) is 1. The normalized spacial score (nSPS) is 12.5. The van der Waals surface area contributed by atoms with Crippen molar-refractivity contribution in [1.82, 2.24) is 20.1 Å². The Bertz CT molecular complexity index is 283. The van der Waals surface area contributed by atoms with Gasteiger partial charge in [-0.15, -0.1) is 0 Å². The number of H-pyrrole nitrogens is 1. The van der Waals surface area contributed by atoms with E-state index in [9.17, 15) is 4.79 Å². The van der Waals surface area contributed by atoms with Gasteiger partial charge in [0.05, 0.1) is 0 Å². The molecule has 1 atom stereocenters. The average Bonchev–Trinajstić information content (AvgIpc) is 2.69. The fraction of sp³-hybridized carbons (Fsp3) is 0.667. The van der Waals surface area contributed by atoms with Crippen molar-refractivity contribution < 1.29 is 4.79 Å². The van der Waals surface area contributed by atoms with Crippen molar-refractivity contribution in [3.63, 3.8) is 0 Å². The van der Waals surface area contributed by atoms with Crippen LogP contribution in [0.3, 0.4) is 0 Å². The van der Waals surface area contributed by atoms with Gasteiger partial charge in [0.25, 0.3) is 5.91 Å². The first-order chi connectivity index (χ1) is 6.65. The molecule has 0 saturated heterocycles. The van der Waals surface area contributed by atoms with Gasteiger partial charge in [-0.1, -0.05) is 20.3 Å². The van der Waals surface area contributed by atoms with E-state index in [0.29, 0.717) is 11.7 Å². The molecule has 0 spiro atoms. The zero-order valence-electron chi connectivity index (χ0n) is 8.82. The predicted molar refractivity (Wildman–Crippen MR) is 52.8 cm³/mol. The first-order valence-electron chi connectivity index (χ1n) is 4.76. The molecule has 1 amide bonds. The SMILES string of the molecule is CCC(C)CN(C)C(=O)c1ncn[nH]1. The van der Waals surface area contributed by atoms with Crippen LogP contribution in [0, 0.1) is 5.92 Å². The van der Waals surface area contributed by atoms with E-state index >= 15 is 0 Å². The molecule has 5 nitrogen and oxygen atoms in total. The lowest BCUT2D eigenvalue weighted by atomic mass is 10.1. The number of carbonyl (C=O) groups is 1. The highest BCUT2D eigenvalue weighted by molar-refractivity contribution is 5.90. The van der Waals surface area contributed by atoms with E-state index < -0.39 is 0 Å². The molecular formula is C9H16N4O. The van der Waals surface area contributed by atoms with Crippen LogP contribution in [-0.4, -0.2) is 39.6 Å². The van der Waals surface area contributed by atoms with Gasteiger partial charge in [0.2, 0.25) is 5.82 Å². The second-order valence-corrected chi connectivity index (χ2v) is 3.53. The smallest absolute Gasteiger partial charge is 0.290 e. The molecule has 0 aliphatic heterocycles. The van der Waals surface area contributed by atoms with Gasteiger partial charge in [0, 0.05) is 13.6 Å². The van der Waals surface area contributed by atoms with Gasteiger partial charge in [0.15, 0.2) is 0 Å². The van der Waals surface area contributed by atoms with Crippen LogP contribution in [0.25, 0.3) is 0 Å². The predicted octanol–water partition coefficient (Wildman–Crippen LogP) is 0.923. The highest BCUT2D eigenvalue weighted by Crippen LogP contribution is 2.04. The standard InChI is InChI=1S/C9H16N4O/c1-4-7(2)5-13(3)9(14)8-10-6-11-12-8/h6-7H,4-5H2,1-3H3,(H,10,11,12). The minimum Gasteiger partial charge on any atom is -0.339 e. The minimum atomic E-state index is -0.109. The van der Waals surface area contributed by atoms with Crippen molar-refractivity contribution >= 4 is 5.91 Å². The number of nitrogens with zero attached hydrogens (tertiary/aromatic N) is 3. The number of carbonyl (C=O) groups excluding carboxylic acids is 1. The number of hydrogen-bond donors (Lipinski definition) is 1. The summed E-state index contributed by atoms with van der Waals surface area (Å²) in [6.45, 7) is 4.97. The van der Waals surface area contributed by atoms with Crippen molar-refractivity contribution in [2.45, 2.75) is 20.3 Å². The minimum absolute atomic E-state index is 0.109. The Balaban J connectivity index is 2.53. The van der Waals surface area contributed by atoms with Gasteiger partial charge in [-0.05, 0) is 5.92 Å². The van der Waals surface area contributed by atoms with Crippen molar-refractivity contribution in [1.29, 1.82) is 0 Å². The van der Waals surface area contributed by atoms with Crippen LogP contribution in [0.1, 0.15) is 30.9 Å². The quantitative estimate of drug-likeness (QED) is 0.779. The van der Waals surface area contributed by atoms with E-state index in [4.69, 9.17) is 0 Å². The van der Waals surface area contributed by atoms with Crippen LogP contribution < -0.4 is 0 Å². The van der Waals surface area contributed by atoms with Crippen molar-refractivity contribution in [2.24, 2.45) is 5.92 Å². The van der Waals surface area contributed by atoms with Crippen molar-refractivity contribution in [2.75, 3.05) is 13.6 Å². The van der Waals surface area contributed by atoms with E-state index in [2.05, 4.69) is 29.0 Å². The number of aromatic nitrogens is 3. The molecule has 78 valence electrons. The molecule has 1 aromatic heterocycles. The summed E-state index contributed by atoms with van der Waals surface area (Å²) in [7, 11) is 1.77. The fourth-order valence-electron chi connectivity index (χ4n) is 1.17. The summed E-state index contributed by atoms with van der Waals surface area (Å²) in [5.74, 6) is 0.700. The molecule has 0 aromatic carbocycles. The average molecular weight is 196 g/mol. The zero-order chi connectivity index (χ0) is 10.6. The summed E-state index contributed by atoms with van der Waals surface area (Å²) in [5.41, 5.74) is 0. The first kappa shape index (κ1) is 10.7. The summed E-state index contributed by atoms with van der Waals surface area (Å²) >= 11 is 0. The number of aromatic amines is 1. The maximum atomic E-state index is 11.6. The Morgan fingerprint density at radius 1 is 1.71 bits per heavy atom. The highest BCUT2D eigenvalue weighted by atomic mass is 16.2. The molecule has 0 radical (unpaired) electrons. The van der Waals surface area contributed by atoms with E-state index in [-0.39, 0.29) is 5.91 Å². The molecule has 0 aliphatic carbocycles. The Morgan fingerprint density at radius 2 is 2.43 bits per heavy atom. The third kappa shape index (κ3) is 2.55. The molecule has 14 heavy (non-hydrogen) atoms. The van der Waals surface area contributed by atoms with Crippen molar-refractivity contribution in [3.8, 4) is 0 Å². The lowest BCUT2D eigenvalue weighted by Crippen LogP contribution is -2.31. The molecule has 1 aromatic rings. The maximum Gasteiger partial charge on any atom is 0.290 e. The molecule has 5 heteroatoms. The molecule has 1 N–H and O–H groups in total. The maximum absolute atomic E-state index is 11.6. The molecule has 0 saturated carbocycles. The van der Waals surface area contributed by atoms with Crippen LogP contribution in [0.15, 0.2) is 6.33 Å². The second-order valence-electron chi connectivity index (χ2n) is 3.53. The summed E-state index contributed by atoms with van der Waals surface area (Å²) in [4.78, 5) is 17.1. The Kier molecular flexibility index (Phi) is 3.62. The van der Waals surface area contributed by atoms with Crippen LogP contribution >= 0.6 is 0 Å². The van der Waals surface area contributed by atoms with Gasteiger partial charge in [-0.25, -0.2) is 4.98 Å². The van der Waals surface area contributed by atoms with E-state index in [0.717, 1.165) is 13.0 Å². The topological polar surface area (TPSA) is 61.9 Å². The third-order valence-electron chi connectivity index (χ3n) is 2.25. The van der Waals surface area contributed by atoms with Gasteiger partial charge in [0.1, 0.15) is 6.33 Å². The van der Waals surface area contributed by atoms with E-state index in [1.807, 2.05) is 0 Å². The van der Waals surface area contributed by atoms with Crippen LogP contribution in [0.2, 0.25) is 0 Å². The number of amides is 1. The molecule has 1 unspecified atom stereocenters. The first-order valence-corrected chi connectivity index (χ1v) is 4.76. The number of hydrogen-bond acceptors (Lipinski definition) is 3. The largest absolute Gasteiger partial charge is 0.339 e. The Morgan fingerprint density at radius 3 is 2.93 bits per heavy atom. The summed E-state index contributed by atoms with van der Waals surface area (Å²) in [5, 5.41) is 6.20. The molecule has 1 heterocycles. The Labute approximate surface area is 83.5 Å². The number of rotatable bonds is 4. The van der Waals surface area contributed by atoms with Gasteiger partial charge in [-0.3, -0.25) is 9.89 Å². The van der Waals surface area contributed by atoms with Crippen molar-refractivity contribution in [3.05, 3.63) is 12.2 Å². The molecule has 0 fully saturated rings. The molecule has 1 rings (SSSR count). The fourth-order valence-corrected chi connectivity index (χ4v) is 1.17. The Hall–Kier alpha value is -1.39.